The third-order valence-electron chi connectivity index (χ3n) is 5.91. The number of para-hydroxylation sites is 1. The number of hydrogen-bond donors (Lipinski definition) is 4. The Morgan fingerprint density at radius 2 is 2.06 bits per heavy atom. The number of nitrogens with zero attached hydrogens (tertiary/aromatic N) is 3. The van der Waals surface area contributed by atoms with Crippen molar-refractivity contribution in [3.05, 3.63) is 53.3 Å². The van der Waals surface area contributed by atoms with E-state index in [1.165, 1.54) is 11.3 Å². The van der Waals surface area contributed by atoms with Crippen LogP contribution in [0.3, 0.4) is 0 Å². The summed E-state index contributed by atoms with van der Waals surface area (Å²) in [6, 6.07) is 8.48. The summed E-state index contributed by atoms with van der Waals surface area (Å²) in [5.41, 5.74) is 10.1. The van der Waals surface area contributed by atoms with E-state index in [2.05, 4.69) is 37.7 Å². The summed E-state index contributed by atoms with van der Waals surface area (Å²) in [6.07, 6.45) is 7.64. The molecular weight excluding hydrogens is 422 g/mol. The van der Waals surface area contributed by atoms with Gasteiger partial charge in [0.05, 0.1) is 5.69 Å². The van der Waals surface area contributed by atoms with Crippen LogP contribution in [0.15, 0.2) is 42.0 Å². The molecule has 4 aromatic rings. The van der Waals surface area contributed by atoms with Gasteiger partial charge in [0.1, 0.15) is 5.69 Å². The molecule has 1 fully saturated rings. The predicted molar refractivity (Wildman–Crippen MR) is 128 cm³/mol. The van der Waals surface area contributed by atoms with E-state index in [9.17, 15) is 4.79 Å². The molecule has 2 atom stereocenters. The molecule has 5 rings (SSSR count). The molecule has 3 heterocycles. The van der Waals surface area contributed by atoms with E-state index in [-0.39, 0.29) is 18.0 Å². The van der Waals surface area contributed by atoms with Crippen LogP contribution in [0.2, 0.25) is 0 Å². The number of thiazole rings is 1. The van der Waals surface area contributed by atoms with Crippen molar-refractivity contribution in [2.24, 2.45) is 0 Å². The number of carbonyl (C=O) groups is 1. The van der Waals surface area contributed by atoms with Gasteiger partial charge in [0.25, 0.3) is 5.91 Å². The second-order valence-electron chi connectivity index (χ2n) is 8.22. The SMILES string of the molecule is Cc1cnc(N[C@@H]2CCC[C@H](NC(=O)c3csc(N)n3)C2)nc1-c1c[nH]c2ccccc12. The molecule has 1 saturated carbocycles. The molecule has 164 valence electrons. The summed E-state index contributed by atoms with van der Waals surface area (Å²) >= 11 is 1.27. The number of amides is 1. The zero-order valence-corrected chi connectivity index (χ0v) is 18.6. The Balaban J connectivity index is 1.30. The molecule has 1 aliphatic carbocycles. The summed E-state index contributed by atoms with van der Waals surface area (Å²) in [4.78, 5) is 29.2. The van der Waals surface area contributed by atoms with Gasteiger partial charge in [-0.15, -0.1) is 11.3 Å². The first-order valence-electron chi connectivity index (χ1n) is 10.8. The normalized spacial score (nSPS) is 18.5. The van der Waals surface area contributed by atoms with Crippen LogP contribution in [0.25, 0.3) is 22.2 Å². The maximum atomic E-state index is 12.4. The summed E-state index contributed by atoms with van der Waals surface area (Å²) in [6.45, 7) is 2.03. The minimum absolute atomic E-state index is 0.0789. The van der Waals surface area contributed by atoms with Gasteiger partial charge >= 0.3 is 0 Å². The Morgan fingerprint density at radius 3 is 2.91 bits per heavy atom. The fourth-order valence-electron chi connectivity index (χ4n) is 4.34. The molecule has 0 radical (unpaired) electrons. The van der Waals surface area contributed by atoms with Crippen LogP contribution in [0.1, 0.15) is 41.7 Å². The van der Waals surface area contributed by atoms with Crippen molar-refractivity contribution < 1.29 is 4.79 Å². The fraction of sp³-hybridized carbons (Fsp3) is 0.304. The van der Waals surface area contributed by atoms with E-state index < -0.39 is 0 Å². The van der Waals surface area contributed by atoms with Crippen LogP contribution in [-0.4, -0.2) is 37.9 Å². The van der Waals surface area contributed by atoms with Crippen LogP contribution in [-0.2, 0) is 0 Å². The van der Waals surface area contributed by atoms with Gasteiger partial charge in [0, 0.05) is 46.3 Å². The van der Waals surface area contributed by atoms with Gasteiger partial charge in [-0.05, 0) is 44.2 Å². The van der Waals surface area contributed by atoms with Crippen molar-refractivity contribution >= 4 is 39.2 Å². The molecule has 8 nitrogen and oxygen atoms in total. The van der Waals surface area contributed by atoms with Crippen molar-refractivity contribution in [3.8, 4) is 11.3 Å². The average molecular weight is 448 g/mol. The molecule has 0 unspecified atom stereocenters. The van der Waals surface area contributed by atoms with E-state index in [0.717, 1.165) is 53.4 Å². The van der Waals surface area contributed by atoms with Crippen molar-refractivity contribution in [2.45, 2.75) is 44.7 Å². The van der Waals surface area contributed by atoms with Crippen LogP contribution in [0.4, 0.5) is 11.1 Å². The molecule has 1 aliphatic rings. The number of hydrogen-bond acceptors (Lipinski definition) is 7. The number of aryl methyl sites for hydroxylation is 1. The Hall–Kier alpha value is -3.46. The molecule has 1 amide bonds. The van der Waals surface area contributed by atoms with E-state index >= 15 is 0 Å². The maximum absolute atomic E-state index is 12.4. The van der Waals surface area contributed by atoms with Gasteiger partial charge in [0.2, 0.25) is 5.95 Å². The van der Waals surface area contributed by atoms with Crippen molar-refractivity contribution in [1.82, 2.24) is 25.3 Å². The average Bonchev–Trinajstić information content (AvgIpc) is 3.42. The van der Waals surface area contributed by atoms with E-state index in [0.29, 0.717) is 16.8 Å². The van der Waals surface area contributed by atoms with Crippen LogP contribution in [0.5, 0.6) is 0 Å². The number of H-pyrrole nitrogens is 1. The number of aromatic nitrogens is 4. The summed E-state index contributed by atoms with van der Waals surface area (Å²) in [5.74, 6) is 0.442. The van der Waals surface area contributed by atoms with Crippen LogP contribution in [0, 0.1) is 6.92 Å². The molecule has 0 spiro atoms. The summed E-state index contributed by atoms with van der Waals surface area (Å²) in [7, 11) is 0. The number of fused-ring (bicyclic) bond motifs is 1. The van der Waals surface area contributed by atoms with E-state index in [1.54, 1.807) is 5.38 Å². The molecule has 5 N–H and O–H groups in total. The number of anilines is 2. The van der Waals surface area contributed by atoms with Gasteiger partial charge in [-0.3, -0.25) is 4.79 Å². The minimum Gasteiger partial charge on any atom is -0.375 e. The fourth-order valence-corrected chi connectivity index (χ4v) is 4.88. The van der Waals surface area contributed by atoms with E-state index in [4.69, 9.17) is 10.7 Å². The smallest absolute Gasteiger partial charge is 0.271 e. The number of nitrogens with one attached hydrogen (secondary N) is 3. The van der Waals surface area contributed by atoms with Crippen molar-refractivity contribution in [1.29, 1.82) is 0 Å². The van der Waals surface area contributed by atoms with Gasteiger partial charge < -0.3 is 21.4 Å². The largest absolute Gasteiger partial charge is 0.375 e. The highest BCUT2D eigenvalue weighted by Crippen LogP contribution is 2.30. The van der Waals surface area contributed by atoms with Gasteiger partial charge in [-0.2, -0.15) is 0 Å². The molecule has 0 saturated heterocycles. The first kappa shape index (κ1) is 20.4. The Bertz CT molecular complexity index is 1260. The predicted octanol–water partition coefficient (Wildman–Crippen LogP) is 4.13. The lowest BCUT2D eigenvalue weighted by Crippen LogP contribution is -2.42. The summed E-state index contributed by atoms with van der Waals surface area (Å²) < 4.78 is 0. The Kier molecular flexibility index (Phi) is 5.48. The number of benzene rings is 1. The number of nitrogen functional groups attached to an aromatic ring is 1. The first-order chi connectivity index (χ1) is 15.6. The highest BCUT2D eigenvalue weighted by molar-refractivity contribution is 7.13. The second kappa shape index (κ2) is 8.58. The van der Waals surface area contributed by atoms with Gasteiger partial charge in [-0.25, -0.2) is 15.0 Å². The Morgan fingerprint density at radius 1 is 1.22 bits per heavy atom. The number of nitrogens with two attached hydrogens (primary N) is 1. The number of carbonyl (C=O) groups excluding carboxylic acids is 1. The lowest BCUT2D eigenvalue weighted by atomic mass is 9.91. The summed E-state index contributed by atoms with van der Waals surface area (Å²) in [5, 5.41) is 9.82. The molecule has 0 bridgehead atoms. The molecule has 9 heteroatoms. The standard InChI is InChI=1S/C23H25N7OS/c1-13-10-26-23(30-20(13)17-11-25-18-8-3-2-7-16(17)18)28-15-6-4-5-14(9-15)27-21(31)19-12-32-22(24)29-19/h2-3,7-8,10-12,14-15,25H,4-6,9H2,1H3,(H2,24,29)(H,27,31)(H,26,28,30)/t14-,15+/m0/s1. The van der Waals surface area contributed by atoms with E-state index in [1.807, 2.05) is 31.5 Å². The van der Waals surface area contributed by atoms with Crippen molar-refractivity contribution in [3.63, 3.8) is 0 Å². The van der Waals surface area contributed by atoms with Crippen molar-refractivity contribution in [2.75, 3.05) is 11.1 Å². The van der Waals surface area contributed by atoms with Gasteiger partial charge in [0.15, 0.2) is 5.13 Å². The molecule has 0 aliphatic heterocycles. The highest BCUT2D eigenvalue weighted by atomic mass is 32.1. The molecule has 32 heavy (non-hydrogen) atoms. The third-order valence-corrected chi connectivity index (χ3v) is 6.59. The van der Waals surface area contributed by atoms with Crippen LogP contribution >= 0.6 is 11.3 Å². The second-order valence-corrected chi connectivity index (χ2v) is 9.11. The van der Waals surface area contributed by atoms with Crippen LogP contribution < -0.4 is 16.4 Å². The first-order valence-corrected chi connectivity index (χ1v) is 11.6. The molecule has 1 aromatic carbocycles. The number of aromatic amines is 1. The quantitative estimate of drug-likeness (QED) is 0.365. The topological polar surface area (TPSA) is 122 Å². The zero-order valence-electron chi connectivity index (χ0n) is 17.8. The highest BCUT2D eigenvalue weighted by Gasteiger charge is 2.25. The van der Waals surface area contributed by atoms with Gasteiger partial charge in [-0.1, -0.05) is 18.2 Å². The molecule has 3 aromatic heterocycles. The Labute approximate surface area is 189 Å². The zero-order chi connectivity index (χ0) is 22.1. The lowest BCUT2D eigenvalue weighted by Gasteiger charge is -2.30. The number of rotatable bonds is 5. The molecular formula is C23H25N7OS. The maximum Gasteiger partial charge on any atom is 0.271 e. The monoisotopic (exact) mass is 447 g/mol. The lowest BCUT2D eigenvalue weighted by molar-refractivity contribution is 0.0922. The third kappa shape index (κ3) is 4.16. The minimum atomic E-state index is -0.170.